The first-order valence-corrected chi connectivity index (χ1v) is 11.2. The fraction of sp³-hybridized carbons (Fsp3) is 0.571. The van der Waals surface area contributed by atoms with Crippen molar-refractivity contribution in [3.05, 3.63) is 29.1 Å². The molecule has 0 aromatic carbocycles. The summed E-state index contributed by atoms with van der Waals surface area (Å²) in [6.07, 6.45) is 5.95. The lowest BCUT2D eigenvalue weighted by Gasteiger charge is -2.40. The van der Waals surface area contributed by atoms with Crippen molar-refractivity contribution in [2.45, 2.75) is 25.4 Å². The number of anilines is 1. The van der Waals surface area contributed by atoms with Crippen LogP contribution in [0, 0.1) is 5.41 Å². The van der Waals surface area contributed by atoms with Crippen molar-refractivity contribution in [2.24, 2.45) is 10.4 Å². The number of carbonyl (C=O) groups excluding carboxylic acids is 1. The first kappa shape index (κ1) is 21.4. The highest BCUT2D eigenvalue weighted by atomic mass is 35.5. The quantitative estimate of drug-likeness (QED) is 0.667. The van der Waals surface area contributed by atoms with E-state index in [-0.39, 0.29) is 35.5 Å². The molecule has 162 valence electrons. The summed E-state index contributed by atoms with van der Waals surface area (Å²) in [5.74, 6) is 0.926. The van der Waals surface area contributed by atoms with Gasteiger partial charge in [-0.25, -0.2) is 4.98 Å². The molecule has 0 unspecified atom stereocenters. The Balaban J connectivity index is 1.37. The number of hydrogen-bond donors (Lipinski definition) is 1. The maximum absolute atomic E-state index is 11.8. The highest BCUT2D eigenvalue weighted by molar-refractivity contribution is 6.44. The molecule has 1 aromatic heterocycles. The number of ether oxygens (including phenoxy) is 1. The summed E-state index contributed by atoms with van der Waals surface area (Å²) in [5, 5.41) is 9.93. The number of alkyl halides is 1. The third-order valence-electron chi connectivity index (χ3n) is 6.22. The normalized spacial score (nSPS) is 24.0. The second kappa shape index (κ2) is 9.12. The van der Waals surface area contributed by atoms with Crippen LogP contribution in [0.25, 0.3) is 0 Å². The molecule has 0 bridgehead atoms. The van der Waals surface area contributed by atoms with E-state index in [0.717, 1.165) is 44.6 Å². The Bertz CT molecular complexity index is 846. The molecule has 4 rings (SSSR count). The molecule has 0 amide bonds. The molecule has 7 nitrogen and oxygen atoms in total. The molecular formula is C21H26Cl2N4O3. The largest absolute Gasteiger partial charge is 0.472 e. The lowest BCUT2D eigenvalue weighted by Crippen LogP contribution is -2.43. The minimum absolute atomic E-state index is 0.0326. The van der Waals surface area contributed by atoms with Gasteiger partial charge in [0.1, 0.15) is 17.7 Å². The molecule has 9 heteroatoms. The second-order valence-electron chi connectivity index (χ2n) is 8.20. The number of hydrogen-bond acceptors (Lipinski definition) is 7. The number of rotatable bonds is 6. The highest BCUT2D eigenvalue weighted by Gasteiger charge is 2.34. The van der Waals surface area contributed by atoms with Crippen LogP contribution in [0.2, 0.25) is 0 Å². The maximum atomic E-state index is 11.8. The Morgan fingerprint density at radius 1 is 1.27 bits per heavy atom. The molecule has 1 atom stereocenters. The van der Waals surface area contributed by atoms with E-state index in [4.69, 9.17) is 27.9 Å². The SMILES string of the molecule is O=C1CN=CC(N2CC[C@@H](Oc3cc(N4CCC(CO)(CCl)CC4)ccn3)C2)=C1Cl. The van der Waals surface area contributed by atoms with E-state index in [1.54, 1.807) is 12.4 Å². The number of likely N-dealkylation sites (tertiary alicyclic amines) is 1. The van der Waals surface area contributed by atoms with Crippen molar-refractivity contribution in [3.8, 4) is 5.88 Å². The molecule has 30 heavy (non-hydrogen) atoms. The smallest absolute Gasteiger partial charge is 0.215 e. The number of piperidine rings is 1. The number of aliphatic hydroxyl groups excluding tert-OH is 1. The topological polar surface area (TPSA) is 78.3 Å². The van der Waals surface area contributed by atoms with Crippen LogP contribution in [-0.2, 0) is 4.79 Å². The van der Waals surface area contributed by atoms with Crippen LogP contribution in [0.1, 0.15) is 19.3 Å². The number of aromatic nitrogens is 1. The number of carbonyl (C=O) groups is 1. The Morgan fingerprint density at radius 2 is 2.07 bits per heavy atom. The number of dihydropyridines is 1. The van der Waals surface area contributed by atoms with Crippen LogP contribution in [-0.4, -0.2) is 78.3 Å². The first-order chi connectivity index (χ1) is 14.5. The summed E-state index contributed by atoms with van der Waals surface area (Å²) in [7, 11) is 0. The minimum atomic E-state index is -0.169. The van der Waals surface area contributed by atoms with Crippen molar-refractivity contribution in [1.29, 1.82) is 0 Å². The van der Waals surface area contributed by atoms with Crippen LogP contribution in [0.3, 0.4) is 0 Å². The monoisotopic (exact) mass is 452 g/mol. The van der Waals surface area contributed by atoms with Gasteiger partial charge < -0.3 is 19.6 Å². The van der Waals surface area contributed by atoms with Crippen molar-refractivity contribution in [3.63, 3.8) is 0 Å². The molecule has 2 fully saturated rings. The van der Waals surface area contributed by atoms with Gasteiger partial charge in [-0.05, 0) is 18.9 Å². The van der Waals surface area contributed by atoms with Crippen molar-refractivity contribution < 1.29 is 14.6 Å². The summed E-state index contributed by atoms with van der Waals surface area (Å²) in [5.41, 5.74) is 1.57. The molecule has 4 heterocycles. The molecule has 1 N–H and O–H groups in total. The molecule has 1 aromatic rings. The number of pyridine rings is 1. The van der Waals surface area contributed by atoms with E-state index >= 15 is 0 Å². The first-order valence-electron chi connectivity index (χ1n) is 10.3. The van der Waals surface area contributed by atoms with E-state index in [1.807, 2.05) is 17.0 Å². The van der Waals surface area contributed by atoms with Crippen molar-refractivity contribution in [2.75, 3.05) is 50.1 Å². The fourth-order valence-corrected chi connectivity index (χ4v) is 4.73. The Labute approximate surface area is 186 Å². The van der Waals surface area contributed by atoms with Crippen LogP contribution in [0.4, 0.5) is 5.69 Å². The number of aliphatic hydroxyl groups is 1. The van der Waals surface area contributed by atoms with E-state index in [2.05, 4.69) is 14.9 Å². The van der Waals surface area contributed by atoms with E-state index in [0.29, 0.717) is 24.0 Å². The standard InChI is InChI=1S/C21H26Cl2N4O3/c22-13-21(14-28)3-7-26(8-4-21)15-1-5-25-19(9-15)30-16-2-6-27(12-16)17-10-24-11-18(29)20(17)23/h1,5,9-10,16,28H,2-4,6-8,11-14H2/t16-/m1/s1. The Hall–Kier alpha value is -1.83. The molecule has 2 saturated heterocycles. The molecule has 0 saturated carbocycles. The zero-order valence-corrected chi connectivity index (χ0v) is 18.3. The van der Waals surface area contributed by atoms with Gasteiger partial charge in [-0.2, -0.15) is 0 Å². The maximum Gasteiger partial charge on any atom is 0.215 e. The molecule has 0 aliphatic carbocycles. The molecule has 3 aliphatic heterocycles. The average Bonchev–Trinajstić information content (AvgIpc) is 3.24. The third kappa shape index (κ3) is 4.43. The Morgan fingerprint density at radius 3 is 2.80 bits per heavy atom. The van der Waals surface area contributed by atoms with Crippen LogP contribution < -0.4 is 9.64 Å². The summed E-state index contributed by atoms with van der Waals surface area (Å²) in [4.78, 5) is 24.6. The van der Waals surface area contributed by atoms with Crippen LogP contribution in [0.5, 0.6) is 5.88 Å². The molecular weight excluding hydrogens is 427 g/mol. The summed E-state index contributed by atoms with van der Waals surface area (Å²) >= 11 is 12.3. The summed E-state index contributed by atoms with van der Waals surface area (Å²) < 4.78 is 6.14. The van der Waals surface area contributed by atoms with Gasteiger partial charge in [0.2, 0.25) is 5.88 Å². The van der Waals surface area contributed by atoms with Crippen LogP contribution >= 0.6 is 23.2 Å². The lowest BCUT2D eigenvalue weighted by molar-refractivity contribution is -0.113. The number of nitrogens with zero attached hydrogens (tertiary/aromatic N) is 4. The van der Waals surface area contributed by atoms with Gasteiger partial charge >= 0.3 is 0 Å². The van der Waals surface area contributed by atoms with Gasteiger partial charge in [0.15, 0.2) is 5.78 Å². The van der Waals surface area contributed by atoms with E-state index in [9.17, 15) is 9.90 Å². The average molecular weight is 453 g/mol. The second-order valence-corrected chi connectivity index (χ2v) is 8.84. The minimum Gasteiger partial charge on any atom is -0.472 e. The number of halogens is 2. The van der Waals surface area contributed by atoms with Crippen molar-refractivity contribution in [1.82, 2.24) is 9.88 Å². The number of ketones is 1. The Kier molecular flexibility index (Phi) is 6.51. The highest BCUT2D eigenvalue weighted by Crippen LogP contribution is 2.35. The molecule has 0 radical (unpaired) electrons. The van der Waals surface area contributed by atoms with Gasteiger partial charge in [-0.1, -0.05) is 11.6 Å². The predicted octanol–water partition coefficient (Wildman–Crippen LogP) is 2.46. The zero-order chi connectivity index (χ0) is 21.1. The number of aliphatic imine (C=N–C) groups is 1. The predicted molar refractivity (Wildman–Crippen MR) is 118 cm³/mol. The van der Waals surface area contributed by atoms with Gasteiger partial charge in [0, 0.05) is 68.1 Å². The number of Topliss-reactive ketones (excluding diaryl/α,β-unsaturated/α-hetero) is 1. The van der Waals surface area contributed by atoms with Gasteiger partial charge in [0.05, 0.1) is 12.2 Å². The molecule has 0 spiro atoms. The lowest BCUT2D eigenvalue weighted by atomic mass is 9.81. The third-order valence-corrected chi connectivity index (χ3v) is 7.19. The van der Waals surface area contributed by atoms with E-state index < -0.39 is 0 Å². The van der Waals surface area contributed by atoms with Gasteiger partial charge in [-0.3, -0.25) is 9.79 Å². The van der Waals surface area contributed by atoms with Gasteiger partial charge in [0.25, 0.3) is 0 Å². The van der Waals surface area contributed by atoms with E-state index in [1.165, 1.54) is 0 Å². The zero-order valence-electron chi connectivity index (χ0n) is 16.8. The number of allylic oxidation sites excluding steroid dienone is 1. The van der Waals surface area contributed by atoms with Gasteiger partial charge in [-0.15, -0.1) is 11.6 Å². The van der Waals surface area contributed by atoms with Crippen molar-refractivity contribution >= 4 is 40.9 Å². The summed E-state index contributed by atoms with van der Waals surface area (Å²) in [6, 6.07) is 3.95. The van der Waals surface area contributed by atoms with Crippen LogP contribution in [0.15, 0.2) is 34.1 Å². The fourth-order valence-electron chi connectivity index (χ4n) is 4.15. The molecule has 3 aliphatic rings. The summed E-state index contributed by atoms with van der Waals surface area (Å²) in [6.45, 7) is 3.32.